The smallest absolute Gasteiger partial charge is 0.379 e. The molecule has 1 saturated heterocycles. The normalized spacial score (nSPS) is 24.4. The minimum absolute atomic E-state index is 0.0330. The van der Waals surface area contributed by atoms with Gasteiger partial charge in [0, 0.05) is 5.56 Å². The molecule has 2 unspecified atom stereocenters. The van der Waals surface area contributed by atoms with Crippen molar-refractivity contribution in [2.24, 2.45) is 11.8 Å². The quantitative estimate of drug-likeness (QED) is 0.0849. The van der Waals surface area contributed by atoms with E-state index < -0.39 is 63.2 Å². The van der Waals surface area contributed by atoms with Crippen LogP contribution in [-0.4, -0.2) is 47.6 Å². The van der Waals surface area contributed by atoms with E-state index in [9.17, 15) is 24.0 Å². The maximum Gasteiger partial charge on any atom is 0.379 e. The van der Waals surface area contributed by atoms with Gasteiger partial charge < -0.3 is 13.9 Å². The fourth-order valence-corrected chi connectivity index (χ4v) is 8.85. The number of furan rings is 1. The van der Waals surface area contributed by atoms with E-state index in [1.807, 2.05) is 48.5 Å². The molecule has 0 spiro atoms. The summed E-state index contributed by atoms with van der Waals surface area (Å²) < 4.78 is 13.5. The minimum Gasteiger partial charge on any atom is -0.457 e. The molecule has 4 aromatic rings. The largest absolute Gasteiger partial charge is 0.457 e. The minimum atomic E-state index is -0.972. The molecule has 1 fully saturated rings. The summed E-state index contributed by atoms with van der Waals surface area (Å²) in [5.41, 5.74) is 3.75. The van der Waals surface area contributed by atoms with Gasteiger partial charge in [-0.2, -0.15) is 0 Å². The highest BCUT2D eigenvalue weighted by Gasteiger charge is 2.72. The number of nitrogens with zero attached hydrogens (tertiary/aromatic N) is 1. The van der Waals surface area contributed by atoms with E-state index in [2.05, 4.69) is 31.9 Å². The topological polar surface area (TPSA) is 120 Å². The fourth-order valence-electron chi connectivity index (χ4n) is 6.55. The van der Waals surface area contributed by atoms with E-state index in [1.54, 1.807) is 6.07 Å². The third kappa shape index (κ3) is 4.06. The van der Waals surface area contributed by atoms with Gasteiger partial charge in [-0.3, -0.25) is 24.1 Å². The Hall–Kier alpha value is -4.35. The number of Topliss-reactive ketones (excluding diaryl/α,β-unsaturated/α-hetero) is 1. The molecule has 2 bridgehead atoms. The molecule has 4 aliphatic rings. The van der Waals surface area contributed by atoms with Crippen LogP contribution in [0.25, 0.3) is 0 Å². The van der Waals surface area contributed by atoms with Crippen LogP contribution in [0.4, 0.5) is 0 Å². The second-order valence-corrected chi connectivity index (χ2v) is 13.2. The SMILES string of the molecule is O=C(CN1C(=O)C2C(C1=O)C1(Br)c3ccccc3C2(Br)c2ccccc21)OCC(=O)c1ccc(OC(=O)c2ccco2)cc1. The van der Waals surface area contributed by atoms with Gasteiger partial charge in [0.2, 0.25) is 17.6 Å². The Morgan fingerprint density at radius 3 is 1.75 bits per heavy atom. The van der Waals surface area contributed by atoms with Crippen molar-refractivity contribution in [2.45, 2.75) is 8.65 Å². The number of halogens is 2. The number of carbonyl (C=O) groups excluding carboxylic acids is 5. The van der Waals surface area contributed by atoms with Crippen LogP contribution in [0, 0.1) is 11.8 Å². The molecule has 2 atom stereocenters. The number of amides is 2. The number of ether oxygens (including phenoxy) is 2. The average molecular weight is 719 g/mol. The lowest BCUT2D eigenvalue weighted by molar-refractivity contribution is -0.152. The summed E-state index contributed by atoms with van der Waals surface area (Å²) in [6.07, 6.45) is 1.35. The third-order valence-corrected chi connectivity index (χ3v) is 11.1. The molecule has 44 heavy (non-hydrogen) atoms. The lowest BCUT2D eigenvalue weighted by Gasteiger charge is -2.55. The van der Waals surface area contributed by atoms with Crippen LogP contribution in [0.1, 0.15) is 43.2 Å². The molecular formula is C33H21Br2NO8. The zero-order chi connectivity index (χ0) is 30.8. The van der Waals surface area contributed by atoms with Gasteiger partial charge in [-0.1, -0.05) is 80.4 Å². The second kappa shape index (κ2) is 10.4. The molecule has 1 aliphatic heterocycles. The van der Waals surface area contributed by atoms with Gasteiger partial charge in [0.1, 0.15) is 12.3 Å². The summed E-state index contributed by atoms with van der Waals surface area (Å²) in [4.78, 5) is 66.4. The summed E-state index contributed by atoms with van der Waals surface area (Å²) in [7, 11) is 0. The Balaban J connectivity index is 1.05. The van der Waals surface area contributed by atoms with Crippen molar-refractivity contribution in [3.05, 3.63) is 125 Å². The number of imide groups is 1. The summed E-state index contributed by atoms with van der Waals surface area (Å²) in [6.45, 7) is -1.23. The number of benzene rings is 3. The highest BCUT2D eigenvalue weighted by molar-refractivity contribution is 9.10. The molecule has 0 N–H and O–H groups in total. The fraction of sp³-hybridized carbons (Fsp3) is 0.182. The Bertz CT molecular complexity index is 1750. The predicted molar refractivity (Wildman–Crippen MR) is 161 cm³/mol. The van der Waals surface area contributed by atoms with Gasteiger partial charge in [-0.05, 0) is 58.7 Å². The zero-order valence-electron chi connectivity index (χ0n) is 22.7. The van der Waals surface area contributed by atoms with Crippen LogP contribution in [0.5, 0.6) is 5.75 Å². The first-order chi connectivity index (χ1) is 21.2. The van der Waals surface area contributed by atoms with Crippen molar-refractivity contribution in [3.63, 3.8) is 0 Å². The number of ketones is 1. The van der Waals surface area contributed by atoms with Gasteiger partial charge >= 0.3 is 11.9 Å². The average Bonchev–Trinajstić information content (AvgIpc) is 3.67. The lowest BCUT2D eigenvalue weighted by atomic mass is 9.54. The van der Waals surface area contributed by atoms with Crippen LogP contribution in [0.15, 0.2) is 95.6 Å². The first-order valence-corrected chi connectivity index (χ1v) is 15.2. The standard InChI is InChI=1S/C33H21Br2NO8/c34-32-20-6-1-2-7-21(20)33(35,23-9-4-3-8-22(23)32)28-27(32)29(39)36(30(28)40)16-26(38)43-17-24(37)18-11-13-19(14-12-18)44-31(41)25-10-5-15-42-25/h1-15,27-28H,16-17H2. The van der Waals surface area contributed by atoms with Crippen LogP contribution in [-0.2, 0) is 27.8 Å². The van der Waals surface area contributed by atoms with Gasteiger partial charge in [0.25, 0.3) is 0 Å². The first kappa shape index (κ1) is 28.4. The summed E-state index contributed by atoms with van der Waals surface area (Å²) >= 11 is 7.83. The van der Waals surface area contributed by atoms with Crippen LogP contribution in [0.3, 0.4) is 0 Å². The van der Waals surface area contributed by atoms with Crippen molar-refractivity contribution in [2.75, 3.05) is 13.2 Å². The molecule has 11 heteroatoms. The lowest BCUT2D eigenvalue weighted by Crippen LogP contribution is -2.56. The number of hydrogen-bond donors (Lipinski definition) is 0. The molecule has 1 aromatic heterocycles. The van der Waals surface area contributed by atoms with Crippen molar-refractivity contribution in [3.8, 4) is 5.75 Å². The Morgan fingerprint density at radius 2 is 1.27 bits per heavy atom. The van der Waals surface area contributed by atoms with Gasteiger partial charge in [-0.15, -0.1) is 0 Å². The molecule has 0 radical (unpaired) electrons. The Kier molecular flexibility index (Phi) is 6.71. The summed E-state index contributed by atoms with van der Waals surface area (Å²) in [6, 6.07) is 24.1. The monoisotopic (exact) mass is 717 g/mol. The van der Waals surface area contributed by atoms with Crippen molar-refractivity contribution >= 4 is 61.4 Å². The van der Waals surface area contributed by atoms with E-state index in [0.717, 1.165) is 27.2 Å². The maximum absolute atomic E-state index is 13.9. The molecular weight excluding hydrogens is 698 g/mol. The highest BCUT2D eigenvalue weighted by atomic mass is 79.9. The van der Waals surface area contributed by atoms with Crippen molar-refractivity contribution in [1.29, 1.82) is 0 Å². The van der Waals surface area contributed by atoms with Crippen LogP contribution >= 0.6 is 31.9 Å². The Morgan fingerprint density at radius 1 is 0.750 bits per heavy atom. The van der Waals surface area contributed by atoms with Crippen LogP contribution in [0.2, 0.25) is 0 Å². The molecule has 220 valence electrons. The summed E-state index contributed by atoms with van der Waals surface area (Å²) in [5, 5.41) is 0. The van der Waals surface area contributed by atoms with Gasteiger partial charge in [0.05, 0.1) is 26.7 Å². The zero-order valence-corrected chi connectivity index (χ0v) is 25.9. The van der Waals surface area contributed by atoms with Crippen molar-refractivity contribution in [1.82, 2.24) is 4.90 Å². The van der Waals surface area contributed by atoms with Crippen LogP contribution < -0.4 is 4.74 Å². The highest BCUT2D eigenvalue weighted by Crippen LogP contribution is 2.70. The van der Waals surface area contributed by atoms with E-state index in [-0.39, 0.29) is 17.1 Å². The third-order valence-electron chi connectivity index (χ3n) is 8.44. The number of likely N-dealkylation sites (tertiary alicyclic amines) is 1. The van der Waals surface area contributed by atoms with Gasteiger partial charge in [0.15, 0.2) is 12.4 Å². The van der Waals surface area contributed by atoms with E-state index in [1.165, 1.54) is 36.6 Å². The number of alkyl halides is 2. The molecule has 2 amide bonds. The van der Waals surface area contributed by atoms with E-state index >= 15 is 0 Å². The molecule has 3 aromatic carbocycles. The molecule has 9 nitrogen and oxygen atoms in total. The van der Waals surface area contributed by atoms with Crippen molar-refractivity contribution < 1.29 is 37.9 Å². The molecule has 0 saturated carbocycles. The first-order valence-electron chi connectivity index (χ1n) is 13.6. The number of esters is 2. The summed E-state index contributed by atoms with van der Waals surface area (Å²) in [5.74, 6) is -4.48. The molecule has 3 aliphatic carbocycles. The van der Waals surface area contributed by atoms with E-state index in [0.29, 0.717) is 0 Å². The molecule has 8 rings (SSSR count). The van der Waals surface area contributed by atoms with E-state index in [4.69, 9.17) is 13.9 Å². The second-order valence-electron chi connectivity index (χ2n) is 10.7. The number of rotatable bonds is 7. The Labute approximate surface area is 267 Å². The number of carbonyl (C=O) groups is 5. The maximum atomic E-state index is 13.9. The predicted octanol–water partition coefficient (Wildman–Crippen LogP) is 5.13. The van der Waals surface area contributed by atoms with Gasteiger partial charge in [-0.25, -0.2) is 4.79 Å². The number of hydrogen-bond acceptors (Lipinski definition) is 8. The molecule has 2 heterocycles.